The number of aromatic nitrogens is 1. The number of nitrogens with one attached hydrogen (secondary N) is 1. The van der Waals surface area contributed by atoms with Gasteiger partial charge in [-0.1, -0.05) is 0 Å². The summed E-state index contributed by atoms with van der Waals surface area (Å²) >= 11 is 0. The van der Waals surface area contributed by atoms with E-state index in [1.807, 2.05) is 35.4 Å². The van der Waals surface area contributed by atoms with Gasteiger partial charge in [-0.3, -0.25) is 9.59 Å². The lowest BCUT2D eigenvalue weighted by Gasteiger charge is -2.35. The zero-order valence-electron chi connectivity index (χ0n) is 17.8. The van der Waals surface area contributed by atoms with Crippen molar-refractivity contribution in [3.8, 4) is 11.5 Å². The van der Waals surface area contributed by atoms with Gasteiger partial charge in [0.2, 0.25) is 6.41 Å². The Morgan fingerprint density at radius 2 is 2.10 bits per heavy atom. The van der Waals surface area contributed by atoms with E-state index in [0.717, 1.165) is 59.9 Å². The highest BCUT2D eigenvalue weighted by Crippen LogP contribution is 2.37. The molecule has 31 heavy (non-hydrogen) atoms. The van der Waals surface area contributed by atoms with Gasteiger partial charge in [-0.05, 0) is 72.7 Å². The zero-order valence-corrected chi connectivity index (χ0v) is 17.8. The van der Waals surface area contributed by atoms with Gasteiger partial charge in [0.1, 0.15) is 11.5 Å². The Morgan fingerprint density at radius 1 is 1.26 bits per heavy atom. The third-order valence-electron chi connectivity index (χ3n) is 6.16. The number of aryl methyl sites for hydroxylation is 1. The monoisotopic (exact) mass is 421 g/mol. The summed E-state index contributed by atoms with van der Waals surface area (Å²) in [5, 5.41) is 1.15. The van der Waals surface area contributed by atoms with E-state index in [9.17, 15) is 9.59 Å². The van der Waals surface area contributed by atoms with E-state index < -0.39 is 5.91 Å². The second kappa shape index (κ2) is 8.71. The third-order valence-corrected chi connectivity index (χ3v) is 6.16. The molecule has 0 saturated heterocycles. The minimum atomic E-state index is -0.533. The standard InChI is InChI=1S/C24H27N3O4/c1-30-17-6-7-21-18(11-17)16(13-26-21)4-3-5-22-19-12-20(24(25)29)23(31-2)10-15(19)8-9-27(22)14-28/h6-7,10-14,22,26H,3-5,8-9H2,1-2H3,(H2,25,29)/t22-/m0/s1. The Morgan fingerprint density at radius 3 is 2.81 bits per heavy atom. The molecule has 1 aliphatic heterocycles. The normalized spacial score (nSPS) is 15.5. The average Bonchev–Trinajstić information content (AvgIpc) is 3.20. The van der Waals surface area contributed by atoms with Gasteiger partial charge in [0.05, 0.1) is 25.8 Å². The first-order valence-electron chi connectivity index (χ1n) is 10.4. The molecule has 2 aromatic carbocycles. The number of nitrogens with two attached hydrogens (primary N) is 1. The van der Waals surface area contributed by atoms with Crippen LogP contribution in [0.4, 0.5) is 0 Å². The molecule has 2 amide bonds. The van der Waals surface area contributed by atoms with Crippen LogP contribution in [0, 0.1) is 0 Å². The van der Waals surface area contributed by atoms with Crippen LogP contribution in [0.15, 0.2) is 36.5 Å². The Labute approximate surface area is 181 Å². The number of ether oxygens (including phenoxy) is 2. The van der Waals surface area contributed by atoms with Gasteiger partial charge in [0.15, 0.2) is 0 Å². The van der Waals surface area contributed by atoms with E-state index in [1.54, 1.807) is 13.2 Å². The number of carbonyl (C=O) groups excluding carboxylic acids is 2. The fourth-order valence-electron chi connectivity index (χ4n) is 4.54. The smallest absolute Gasteiger partial charge is 0.252 e. The molecular formula is C24H27N3O4. The lowest BCUT2D eigenvalue weighted by molar-refractivity contribution is -0.120. The Bertz CT molecular complexity index is 1120. The Kier molecular flexibility index (Phi) is 5.84. The minimum Gasteiger partial charge on any atom is -0.497 e. The van der Waals surface area contributed by atoms with Crippen molar-refractivity contribution in [2.24, 2.45) is 5.73 Å². The van der Waals surface area contributed by atoms with Crippen LogP contribution < -0.4 is 15.2 Å². The van der Waals surface area contributed by atoms with Crippen LogP contribution in [0.3, 0.4) is 0 Å². The number of rotatable bonds is 8. The van der Waals surface area contributed by atoms with Crippen molar-refractivity contribution in [1.82, 2.24) is 9.88 Å². The molecule has 3 aromatic rings. The van der Waals surface area contributed by atoms with Gasteiger partial charge >= 0.3 is 0 Å². The van der Waals surface area contributed by atoms with Gasteiger partial charge in [0.25, 0.3) is 5.91 Å². The summed E-state index contributed by atoms with van der Waals surface area (Å²) in [6, 6.07) is 9.59. The highest BCUT2D eigenvalue weighted by atomic mass is 16.5. The summed E-state index contributed by atoms with van der Waals surface area (Å²) in [6.45, 7) is 0.643. The second-order valence-electron chi connectivity index (χ2n) is 7.84. The molecule has 3 N–H and O–H groups in total. The number of H-pyrrole nitrogens is 1. The molecule has 0 spiro atoms. The Hall–Kier alpha value is -3.48. The molecule has 2 heterocycles. The summed E-state index contributed by atoms with van der Waals surface area (Å²) in [7, 11) is 3.19. The topological polar surface area (TPSA) is 97.7 Å². The van der Waals surface area contributed by atoms with E-state index in [-0.39, 0.29) is 6.04 Å². The van der Waals surface area contributed by atoms with Crippen LogP contribution in [-0.2, 0) is 17.6 Å². The molecule has 0 bridgehead atoms. The molecule has 1 aromatic heterocycles. The van der Waals surface area contributed by atoms with Crippen molar-refractivity contribution in [2.45, 2.75) is 31.7 Å². The third kappa shape index (κ3) is 3.95. The second-order valence-corrected chi connectivity index (χ2v) is 7.84. The maximum Gasteiger partial charge on any atom is 0.252 e. The molecule has 162 valence electrons. The molecule has 0 fully saturated rings. The molecular weight excluding hydrogens is 394 g/mol. The highest BCUT2D eigenvalue weighted by Gasteiger charge is 2.28. The van der Waals surface area contributed by atoms with E-state index in [0.29, 0.717) is 17.9 Å². The molecule has 0 saturated carbocycles. The average molecular weight is 421 g/mol. The van der Waals surface area contributed by atoms with E-state index >= 15 is 0 Å². The van der Waals surface area contributed by atoms with Gasteiger partial charge in [0, 0.05) is 23.6 Å². The highest BCUT2D eigenvalue weighted by molar-refractivity contribution is 5.96. The molecule has 4 rings (SSSR count). The van der Waals surface area contributed by atoms with Gasteiger partial charge in [-0.15, -0.1) is 0 Å². The maximum atomic E-state index is 11.9. The fraction of sp³-hybridized carbons (Fsp3) is 0.333. The quantitative estimate of drug-likeness (QED) is 0.545. The number of carbonyl (C=O) groups is 2. The van der Waals surface area contributed by atoms with Crippen LogP contribution in [0.2, 0.25) is 0 Å². The number of hydrogen-bond donors (Lipinski definition) is 2. The number of nitrogens with zero attached hydrogens (tertiary/aromatic N) is 1. The van der Waals surface area contributed by atoms with E-state index in [1.165, 1.54) is 12.7 Å². The summed E-state index contributed by atoms with van der Waals surface area (Å²) in [5.74, 6) is 0.779. The lowest BCUT2D eigenvalue weighted by atomic mass is 9.87. The number of primary amides is 1. The van der Waals surface area contributed by atoms with Gasteiger partial charge < -0.3 is 25.1 Å². The molecule has 0 radical (unpaired) electrons. The first-order valence-corrected chi connectivity index (χ1v) is 10.4. The molecule has 7 heteroatoms. The zero-order chi connectivity index (χ0) is 22.0. The number of methoxy groups -OCH3 is 2. The van der Waals surface area contributed by atoms with Crippen LogP contribution in [0.5, 0.6) is 11.5 Å². The van der Waals surface area contributed by atoms with Crippen molar-refractivity contribution in [1.29, 1.82) is 0 Å². The predicted molar refractivity (Wildman–Crippen MR) is 119 cm³/mol. The van der Waals surface area contributed by atoms with E-state index in [2.05, 4.69) is 4.98 Å². The van der Waals surface area contributed by atoms with Crippen LogP contribution in [-0.4, -0.2) is 43.0 Å². The molecule has 0 unspecified atom stereocenters. The summed E-state index contributed by atoms with van der Waals surface area (Å²) in [5.41, 5.74) is 10.3. The molecule has 0 aliphatic carbocycles. The number of aromatic amines is 1. The number of hydrogen-bond acceptors (Lipinski definition) is 4. The van der Waals surface area contributed by atoms with Crippen molar-refractivity contribution < 1.29 is 19.1 Å². The Balaban J connectivity index is 1.57. The first kappa shape index (κ1) is 20.8. The fourth-order valence-corrected chi connectivity index (χ4v) is 4.54. The minimum absolute atomic E-state index is 0.0926. The largest absolute Gasteiger partial charge is 0.497 e. The predicted octanol–water partition coefficient (Wildman–Crippen LogP) is 3.36. The number of fused-ring (bicyclic) bond motifs is 2. The van der Waals surface area contributed by atoms with Crippen molar-refractivity contribution >= 4 is 23.2 Å². The van der Waals surface area contributed by atoms with Crippen molar-refractivity contribution in [2.75, 3.05) is 20.8 Å². The lowest BCUT2D eigenvalue weighted by Crippen LogP contribution is -2.35. The number of benzene rings is 2. The van der Waals surface area contributed by atoms with Crippen LogP contribution >= 0.6 is 0 Å². The van der Waals surface area contributed by atoms with Crippen molar-refractivity contribution in [3.05, 3.63) is 58.8 Å². The molecule has 7 nitrogen and oxygen atoms in total. The summed E-state index contributed by atoms with van der Waals surface area (Å²) in [6.07, 6.45) is 6.20. The molecule has 1 aliphatic rings. The summed E-state index contributed by atoms with van der Waals surface area (Å²) in [4.78, 5) is 28.8. The van der Waals surface area contributed by atoms with Crippen LogP contribution in [0.1, 0.15) is 45.9 Å². The SMILES string of the molecule is COc1ccc2[nH]cc(CCC[C@H]3c4cc(C(N)=O)c(OC)cc4CCN3C=O)c2c1. The summed E-state index contributed by atoms with van der Waals surface area (Å²) < 4.78 is 10.7. The maximum absolute atomic E-state index is 11.9. The van der Waals surface area contributed by atoms with Gasteiger partial charge in [-0.25, -0.2) is 0 Å². The van der Waals surface area contributed by atoms with E-state index in [4.69, 9.17) is 15.2 Å². The molecule has 1 atom stereocenters. The first-order chi connectivity index (χ1) is 15.0. The number of amides is 2. The van der Waals surface area contributed by atoms with Crippen LogP contribution in [0.25, 0.3) is 10.9 Å². The van der Waals surface area contributed by atoms with Crippen molar-refractivity contribution in [3.63, 3.8) is 0 Å². The van der Waals surface area contributed by atoms with Gasteiger partial charge in [-0.2, -0.15) is 0 Å².